The van der Waals surface area contributed by atoms with Crippen molar-refractivity contribution < 1.29 is 4.74 Å². The summed E-state index contributed by atoms with van der Waals surface area (Å²) >= 11 is 0. The molecule has 0 radical (unpaired) electrons. The largest absolute Gasteiger partial charge is 0.497 e. The molecule has 1 aliphatic heterocycles. The molecule has 0 saturated heterocycles. The Morgan fingerprint density at radius 1 is 1.10 bits per heavy atom. The van der Waals surface area contributed by atoms with Crippen LogP contribution >= 0.6 is 0 Å². The van der Waals surface area contributed by atoms with E-state index in [0.717, 1.165) is 16.8 Å². The SMILES string of the molecule is COc1cccc([C@H]2N=C(Nc3cccc(C)c3C)Nc3nc(C)cc(=O)n32)c1. The molecule has 0 amide bonds. The summed E-state index contributed by atoms with van der Waals surface area (Å²) in [5.74, 6) is 1.68. The van der Waals surface area contributed by atoms with Gasteiger partial charge in [0.15, 0.2) is 6.17 Å². The van der Waals surface area contributed by atoms with E-state index in [0.29, 0.717) is 23.4 Å². The second-order valence-corrected chi connectivity index (χ2v) is 7.05. The number of fused-ring (bicyclic) bond motifs is 1. The normalized spacial score (nSPS) is 15.2. The topological polar surface area (TPSA) is 80.5 Å². The Bertz CT molecular complexity index is 1170. The first kappa shape index (κ1) is 18.7. The standard InChI is InChI=1S/C22H23N5O2/c1-13-7-5-10-18(15(13)3)24-21-25-20(16-8-6-9-17(12-16)29-4)27-19(28)11-14(2)23-22(27)26-21/h5-12,20H,1-4H3,(H2,23,24,25,26)/t20-/m0/s1. The molecule has 29 heavy (non-hydrogen) atoms. The Balaban J connectivity index is 1.82. The molecule has 0 spiro atoms. The van der Waals surface area contributed by atoms with Gasteiger partial charge in [-0.3, -0.25) is 14.7 Å². The number of guanidine groups is 1. The van der Waals surface area contributed by atoms with E-state index < -0.39 is 6.17 Å². The summed E-state index contributed by atoms with van der Waals surface area (Å²) in [6.07, 6.45) is -0.561. The molecule has 7 nitrogen and oxygen atoms in total. The lowest BCUT2D eigenvalue weighted by atomic mass is 10.1. The Morgan fingerprint density at radius 3 is 2.69 bits per heavy atom. The van der Waals surface area contributed by atoms with Crippen molar-refractivity contribution in [3.8, 4) is 5.75 Å². The molecular formula is C22H23N5O2. The van der Waals surface area contributed by atoms with Crippen molar-refractivity contribution in [1.82, 2.24) is 9.55 Å². The van der Waals surface area contributed by atoms with Crippen LogP contribution in [0.4, 0.5) is 11.6 Å². The van der Waals surface area contributed by atoms with E-state index in [9.17, 15) is 4.79 Å². The molecule has 0 unspecified atom stereocenters. The highest BCUT2D eigenvalue weighted by atomic mass is 16.5. The molecule has 1 aromatic heterocycles. The monoisotopic (exact) mass is 389 g/mol. The zero-order valence-electron chi connectivity index (χ0n) is 16.9. The minimum atomic E-state index is -0.561. The van der Waals surface area contributed by atoms with Gasteiger partial charge < -0.3 is 10.1 Å². The molecule has 148 valence electrons. The molecule has 0 aliphatic carbocycles. The number of methoxy groups -OCH3 is 1. The number of ether oxygens (including phenoxy) is 1. The molecule has 0 bridgehead atoms. The summed E-state index contributed by atoms with van der Waals surface area (Å²) in [6, 6.07) is 15.1. The number of anilines is 2. The maximum atomic E-state index is 12.7. The van der Waals surface area contributed by atoms with Gasteiger partial charge in [0.05, 0.1) is 7.11 Å². The van der Waals surface area contributed by atoms with Gasteiger partial charge in [-0.15, -0.1) is 0 Å². The average Bonchev–Trinajstić information content (AvgIpc) is 2.70. The van der Waals surface area contributed by atoms with Gasteiger partial charge in [0, 0.05) is 23.0 Å². The van der Waals surface area contributed by atoms with E-state index in [1.807, 2.05) is 36.4 Å². The fourth-order valence-electron chi connectivity index (χ4n) is 3.35. The predicted molar refractivity (Wildman–Crippen MR) is 115 cm³/mol. The van der Waals surface area contributed by atoms with Crippen LogP contribution in [0.15, 0.2) is 58.3 Å². The van der Waals surface area contributed by atoms with Crippen LogP contribution in [-0.2, 0) is 0 Å². The Labute approximate surface area is 169 Å². The van der Waals surface area contributed by atoms with Crippen LogP contribution in [0.1, 0.15) is 28.6 Å². The summed E-state index contributed by atoms with van der Waals surface area (Å²) in [6.45, 7) is 5.92. The predicted octanol–water partition coefficient (Wildman–Crippen LogP) is 3.62. The molecule has 7 heteroatoms. The van der Waals surface area contributed by atoms with E-state index in [2.05, 4.69) is 35.5 Å². The number of nitrogens with one attached hydrogen (secondary N) is 2. The van der Waals surface area contributed by atoms with Crippen molar-refractivity contribution in [2.75, 3.05) is 17.7 Å². The number of rotatable bonds is 3. The van der Waals surface area contributed by atoms with Crippen LogP contribution in [0.25, 0.3) is 0 Å². The van der Waals surface area contributed by atoms with Gasteiger partial charge in [0.2, 0.25) is 11.9 Å². The second kappa shape index (κ2) is 7.43. The van der Waals surface area contributed by atoms with Crippen molar-refractivity contribution in [3.05, 3.63) is 81.3 Å². The van der Waals surface area contributed by atoms with Crippen molar-refractivity contribution in [2.45, 2.75) is 26.9 Å². The van der Waals surface area contributed by atoms with Crippen molar-refractivity contribution in [1.29, 1.82) is 0 Å². The van der Waals surface area contributed by atoms with Gasteiger partial charge in [-0.2, -0.15) is 0 Å². The summed E-state index contributed by atoms with van der Waals surface area (Å²) in [7, 11) is 1.61. The summed E-state index contributed by atoms with van der Waals surface area (Å²) in [4.78, 5) is 22.1. The first-order valence-corrected chi connectivity index (χ1v) is 9.38. The van der Waals surface area contributed by atoms with Crippen LogP contribution < -0.4 is 20.9 Å². The number of aromatic nitrogens is 2. The summed E-state index contributed by atoms with van der Waals surface area (Å²) < 4.78 is 6.90. The highest BCUT2D eigenvalue weighted by molar-refractivity contribution is 6.04. The quantitative estimate of drug-likeness (QED) is 0.715. The lowest BCUT2D eigenvalue weighted by Gasteiger charge is -2.27. The molecular weight excluding hydrogens is 366 g/mol. The van der Waals surface area contributed by atoms with Crippen molar-refractivity contribution >= 4 is 17.6 Å². The Hall–Kier alpha value is -3.61. The van der Waals surface area contributed by atoms with Gasteiger partial charge in [-0.1, -0.05) is 24.3 Å². The van der Waals surface area contributed by atoms with E-state index in [-0.39, 0.29) is 5.56 Å². The molecule has 3 aromatic rings. The molecule has 4 rings (SSSR count). The molecule has 0 saturated carbocycles. The Kier molecular flexibility index (Phi) is 4.80. The molecule has 1 aliphatic rings. The fourth-order valence-corrected chi connectivity index (χ4v) is 3.35. The van der Waals surface area contributed by atoms with Crippen molar-refractivity contribution in [3.63, 3.8) is 0 Å². The third kappa shape index (κ3) is 3.59. The van der Waals surface area contributed by atoms with Crippen LogP contribution in [-0.4, -0.2) is 22.6 Å². The van der Waals surface area contributed by atoms with E-state index in [1.165, 1.54) is 11.6 Å². The zero-order chi connectivity index (χ0) is 20.5. The highest BCUT2D eigenvalue weighted by Crippen LogP contribution is 2.28. The van der Waals surface area contributed by atoms with Crippen LogP contribution in [0.3, 0.4) is 0 Å². The minimum absolute atomic E-state index is 0.164. The van der Waals surface area contributed by atoms with Gasteiger partial charge in [0.25, 0.3) is 5.56 Å². The zero-order valence-corrected chi connectivity index (χ0v) is 16.9. The number of aryl methyl sites for hydroxylation is 2. The summed E-state index contributed by atoms with van der Waals surface area (Å²) in [5, 5.41) is 6.51. The number of nitrogens with zero attached hydrogens (tertiary/aromatic N) is 3. The van der Waals surface area contributed by atoms with Gasteiger partial charge in [-0.05, 0) is 50.1 Å². The number of aliphatic imine (C=N–C) groups is 1. The lowest BCUT2D eigenvalue weighted by molar-refractivity contribution is 0.413. The maximum Gasteiger partial charge on any atom is 0.257 e. The highest BCUT2D eigenvalue weighted by Gasteiger charge is 2.25. The van der Waals surface area contributed by atoms with Crippen LogP contribution in [0.2, 0.25) is 0 Å². The van der Waals surface area contributed by atoms with E-state index >= 15 is 0 Å². The molecule has 2 heterocycles. The van der Waals surface area contributed by atoms with Gasteiger partial charge in [0.1, 0.15) is 5.75 Å². The molecule has 1 atom stereocenters. The van der Waals surface area contributed by atoms with Gasteiger partial charge >= 0.3 is 0 Å². The Morgan fingerprint density at radius 2 is 1.90 bits per heavy atom. The van der Waals surface area contributed by atoms with Crippen LogP contribution in [0, 0.1) is 20.8 Å². The molecule has 0 fully saturated rings. The van der Waals surface area contributed by atoms with Gasteiger partial charge in [-0.25, -0.2) is 9.98 Å². The van der Waals surface area contributed by atoms with Crippen LogP contribution in [0.5, 0.6) is 5.75 Å². The average molecular weight is 389 g/mol. The summed E-state index contributed by atoms with van der Waals surface area (Å²) in [5.41, 5.74) is 4.58. The van der Waals surface area contributed by atoms with Crippen molar-refractivity contribution in [2.24, 2.45) is 4.99 Å². The number of benzene rings is 2. The molecule has 2 N–H and O–H groups in total. The third-order valence-electron chi connectivity index (χ3n) is 5.06. The number of hydrogen-bond acceptors (Lipinski definition) is 6. The number of hydrogen-bond donors (Lipinski definition) is 2. The molecule has 2 aromatic carbocycles. The second-order valence-electron chi connectivity index (χ2n) is 7.05. The third-order valence-corrected chi connectivity index (χ3v) is 5.06. The maximum absolute atomic E-state index is 12.7. The first-order chi connectivity index (χ1) is 14.0. The minimum Gasteiger partial charge on any atom is -0.497 e. The van der Waals surface area contributed by atoms with E-state index in [1.54, 1.807) is 18.6 Å². The lowest BCUT2D eigenvalue weighted by Crippen LogP contribution is -2.37. The first-order valence-electron chi connectivity index (χ1n) is 9.38. The van der Waals surface area contributed by atoms with E-state index in [4.69, 9.17) is 9.73 Å². The smallest absolute Gasteiger partial charge is 0.257 e. The fraction of sp³-hybridized carbons (Fsp3) is 0.227.